The van der Waals surface area contributed by atoms with E-state index in [9.17, 15) is 4.79 Å². The number of amides is 1. The van der Waals surface area contributed by atoms with Gasteiger partial charge in [-0.1, -0.05) is 6.42 Å². The van der Waals surface area contributed by atoms with Crippen molar-refractivity contribution < 1.29 is 4.79 Å². The van der Waals surface area contributed by atoms with Crippen molar-refractivity contribution >= 4 is 17.2 Å². The highest BCUT2D eigenvalue weighted by Gasteiger charge is 2.15. The van der Waals surface area contributed by atoms with Crippen LogP contribution >= 0.6 is 11.3 Å². The van der Waals surface area contributed by atoms with Crippen LogP contribution in [0.1, 0.15) is 39.4 Å². The van der Waals surface area contributed by atoms with Crippen molar-refractivity contribution in [3.05, 3.63) is 21.4 Å². The molecule has 0 unspecified atom stereocenters. The van der Waals surface area contributed by atoms with Gasteiger partial charge in [0.05, 0.1) is 4.88 Å². The first-order chi connectivity index (χ1) is 7.81. The second kappa shape index (κ2) is 5.46. The largest absolute Gasteiger partial charge is 0.350 e. The van der Waals surface area contributed by atoms with Crippen LogP contribution in [0.2, 0.25) is 0 Å². The molecule has 0 spiro atoms. The van der Waals surface area contributed by atoms with Gasteiger partial charge in [-0.05, 0) is 37.3 Å². The molecular formula is C12H18N2OS. The molecule has 16 heavy (non-hydrogen) atoms. The van der Waals surface area contributed by atoms with Gasteiger partial charge in [0.1, 0.15) is 0 Å². The normalized spacial score (nSPS) is 15.3. The summed E-state index contributed by atoms with van der Waals surface area (Å²) in [5.41, 5.74) is 6.75. The highest BCUT2D eigenvalue weighted by atomic mass is 32.1. The first-order valence-electron chi connectivity index (χ1n) is 5.91. The molecule has 2 rings (SSSR count). The third-order valence-corrected chi connectivity index (χ3v) is 4.14. The van der Waals surface area contributed by atoms with Gasteiger partial charge in [0, 0.05) is 18.0 Å². The molecule has 0 atom stereocenters. The second-order valence-electron chi connectivity index (χ2n) is 4.16. The van der Waals surface area contributed by atoms with E-state index >= 15 is 0 Å². The molecule has 1 heterocycles. The fourth-order valence-corrected chi connectivity index (χ4v) is 3.22. The number of carbonyl (C=O) groups excluding carboxylic acids is 1. The highest BCUT2D eigenvalue weighted by molar-refractivity contribution is 7.14. The van der Waals surface area contributed by atoms with E-state index in [0.29, 0.717) is 13.1 Å². The number of rotatable bonds is 3. The summed E-state index contributed by atoms with van der Waals surface area (Å²) in [6.45, 7) is 1.05. The molecule has 0 aliphatic heterocycles. The zero-order valence-electron chi connectivity index (χ0n) is 9.42. The van der Waals surface area contributed by atoms with Crippen LogP contribution in [0, 0.1) is 0 Å². The van der Waals surface area contributed by atoms with Crippen LogP contribution < -0.4 is 11.1 Å². The Labute approximate surface area is 100 Å². The minimum Gasteiger partial charge on any atom is -0.350 e. The van der Waals surface area contributed by atoms with E-state index in [0.717, 1.165) is 17.7 Å². The van der Waals surface area contributed by atoms with Crippen LogP contribution in [0.25, 0.3) is 0 Å². The summed E-state index contributed by atoms with van der Waals surface area (Å²) in [6, 6.07) is 2.07. The van der Waals surface area contributed by atoms with Gasteiger partial charge in [0.15, 0.2) is 0 Å². The van der Waals surface area contributed by atoms with Gasteiger partial charge in [-0.2, -0.15) is 0 Å². The molecule has 88 valence electrons. The number of fused-ring (bicyclic) bond motifs is 1. The van der Waals surface area contributed by atoms with Crippen molar-refractivity contribution in [2.75, 3.05) is 13.1 Å². The van der Waals surface area contributed by atoms with Crippen molar-refractivity contribution in [1.82, 2.24) is 5.32 Å². The van der Waals surface area contributed by atoms with E-state index in [1.165, 1.54) is 29.7 Å². The maximum atomic E-state index is 11.8. The number of hydrogen-bond acceptors (Lipinski definition) is 3. The fraction of sp³-hybridized carbons (Fsp3) is 0.583. The predicted molar refractivity (Wildman–Crippen MR) is 67.0 cm³/mol. The Balaban J connectivity index is 2.08. The van der Waals surface area contributed by atoms with E-state index in [1.807, 2.05) is 0 Å². The molecule has 0 radical (unpaired) electrons. The van der Waals surface area contributed by atoms with E-state index in [2.05, 4.69) is 11.4 Å². The number of hydrogen-bond donors (Lipinski definition) is 2. The maximum absolute atomic E-state index is 11.8. The molecule has 1 aromatic rings. The van der Waals surface area contributed by atoms with Gasteiger partial charge < -0.3 is 11.1 Å². The van der Waals surface area contributed by atoms with Crippen LogP contribution in [0.4, 0.5) is 0 Å². The third-order valence-electron chi connectivity index (χ3n) is 2.90. The van der Waals surface area contributed by atoms with E-state index in [-0.39, 0.29) is 5.91 Å². The van der Waals surface area contributed by atoms with Crippen LogP contribution in [0.5, 0.6) is 0 Å². The summed E-state index contributed by atoms with van der Waals surface area (Å²) in [5, 5.41) is 2.82. The number of nitrogens with two attached hydrogens (primary N) is 1. The van der Waals surface area contributed by atoms with Crippen LogP contribution in [-0.2, 0) is 12.8 Å². The fourth-order valence-electron chi connectivity index (χ4n) is 2.05. The Morgan fingerprint density at radius 3 is 3.00 bits per heavy atom. The highest BCUT2D eigenvalue weighted by Crippen LogP contribution is 2.28. The second-order valence-corrected chi connectivity index (χ2v) is 5.30. The van der Waals surface area contributed by atoms with Gasteiger partial charge in [-0.3, -0.25) is 4.79 Å². The lowest BCUT2D eigenvalue weighted by atomic mass is 10.1. The molecular weight excluding hydrogens is 220 g/mol. The summed E-state index contributed by atoms with van der Waals surface area (Å²) in [5.74, 6) is 0.0310. The van der Waals surface area contributed by atoms with E-state index in [1.54, 1.807) is 11.3 Å². The third kappa shape index (κ3) is 2.62. The molecule has 1 aromatic heterocycles. The monoisotopic (exact) mass is 238 g/mol. The first-order valence-corrected chi connectivity index (χ1v) is 6.73. The number of aryl methyl sites for hydroxylation is 2. The SMILES string of the molecule is NCCNC(=O)c1cc2c(s1)CCCCC2. The van der Waals surface area contributed by atoms with Gasteiger partial charge in [-0.25, -0.2) is 0 Å². The zero-order valence-corrected chi connectivity index (χ0v) is 10.2. The smallest absolute Gasteiger partial charge is 0.261 e. The molecule has 1 aliphatic carbocycles. The Morgan fingerprint density at radius 2 is 2.19 bits per heavy atom. The van der Waals surface area contributed by atoms with E-state index in [4.69, 9.17) is 5.73 Å². The zero-order chi connectivity index (χ0) is 11.4. The first kappa shape index (κ1) is 11.6. The molecule has 1 aliphatic rings. The van der Waals surface area contributed by atoms with Crippen molar-refractivity contribution in [3.8, 4) is 0 Å². The number of carbonyl (C=O) groups is 1. The summed E-state index contributed by atoms with van der Waals surface area (Å²) >= 11 is 1.65. The lowest BCUT2D eigenvalue weighted by molar-refractivity contribution is 0.0958. The molecule has 4 heteroatoms. The van der Waals surface area contributed by atoms with Crippen molar-refractivity contribution in [2.45, 2.75) is 32.1 Å². The summed E-state index contributed by atoms with van der Waals surface area (Å²) < 4.78 is 0. The Morgan fingerprint density at radius 1 is 1.38 bits per heavy atom. The minimum absolute atomic E-state index is 0.0310. The molecule has 0 bridgehead atoms. The molecule has 3 N–H and O–H groups in total. The summed E-state index contributed by atoms with van der Waals surface area (Å²) in [6.07, 6.45) is 6.11. The Bertz CT molecular complexity index is 350. The van der Waals surface area contributed by atoms with Gasteiger partial charge in [0.2, 0.25) is 0 Å². The number of thiophene rings is 1. The van der Waals surface area contributed by atoms with Gasteiger partial charge in [0.25, 0.3) is 5.91 Å². The van der Waals surface area contributed by atoms with Gasteiger partial charge >= 0.3 is 0 Å². The quantitative estimate of drug-likeness (QED) is 0.788. The predicted octanol–water partition coefficient (Wildman–Crippen LogP) is 1.71. The lowest BCUT2D eigenvalue weighted by Gasteiger charge is -1.99. The summed E-state index contributed by atoms with van der Waals surface area (Å²) in [4.78, 5) is 14.0. The maximum Gasteiger partial charge on any atom is 0.261 e. The van der Waals surface area contributed by atoms with Crippen molar-refractivity contribution in [1.29, 1.82) is 0 Å². The van der Waals surface area contributed by atoms with Crippen molar-refractivity contribution in [3.63, 3.8) is 0 Å². The average molecular weight is 238 g/mol. The average Bonchev–Trinajstić information content (AvgIpc) is 2.58. The Hall–Kier alpha value is -0.870. The van der Waals surface area contributed by atoms with Crippen LogP contribution in [0.3, 0.4) is 0 Å². The molecule has 1 amide bonds. The topological polar surface area (TPSA) is 55.1 Å². The molecule has 3 nitrogen and oxygen atoms in total. The standard InChI is InChI=1S/C12H18N2OS/c13-6-7-14-12(15)11-8-9-4-2-1-3-5-10(9)16-11/h8H,1-7,13H2,(H,14,15). The molecule has 0 fully saturated rings. The van der Waals surface area contributed by atoms with Crippen molar-refractivity contribution in [2.24, 2.45) is 5.73 Å². The Kier molecular flexibility index (Phi) is 3.96. The van der Waals surface area contributed by atoms with Gasteiger partial charge in [-0.15, -0.1) is 11.3 Å². The lowest BCUT2D eigenvalue weighted by Crippen LogP contribution is -2.28. The molecule has 0 saturated carbocycles. The minimum atomic E-state index is 0.0310. The molecule has 0 aromatic carbocycles. The van der Waals surface area contributed by atoms with E-state index < -0.39 is 0 Å². The number of nitrogens with one attached hydrogen (secondary N) is 1. The van der Waals surface area contributed by atoms with Crippen LogP contribution in [0.15, 0.2) is 6.07 Å². The van der Waals surface area contributed by atoms with Crippen LogP contribution in [-0.4, -0.2) is 19.0 Å². The summed E-state index contributed by atoms with van der Waals surface area (Å²) in [7, 11) is 0. The molecule has 0 saturated heterocycles.